The van der Waals surface area contributed by atoms with Crippen molar-refractivity contribution < 1.29 is 4.79 Å². The van der Waals surface area contributed by atoms with Gasteiger partial charge >= 0.3 is 0 Å². The molecule has 0 fully saturated rings. The molecular weight excluding hydrogens is 298 g/mol. The number of halogens is 1. The van der Waals surface area contributed by atoms with Gasteiger partial charge in [0.25, 0.3) is 0 Å². The molecule has 0 aliphatic rings. The molecule has 0 bridgehead atoms. The first-order valence-corrected chi connectivity index (χ1v) is 6.91. The van der Waals surface area contributed by atoms with Crippen LogP contribution in [0.1, 0.15) is 15.9 Å². The van der Waals surface area contributed by atoms with E-state index in [4.69, 9.17) is 0 Å². The molecule has 0 aliphatic heterocycles. The van der Waals surface area contributed by atoms with E-state index in [-0.39, 0.29) is 0 Å². The topological polar surface area (TPSA) is 20.3 Å². The zero-order valence-corrected chi connectivity index (χ0v) is 11.8. The highest BCUT2D eigenvalue weighted by Gasteiger charge is 2.05. The van der Waals surface area contributed by atoms with Crippen LogP contribution in [0.5, 0.6) is 0 Å². The number of hydrogen-bond donors (Lipinski definition) is 0. The molecule has 0 saturated heterocycles. The van der Waals surface area contributed by atoms with Gasteiger partial charge < -0.3 is 4.90 Å². The van der Waals surface area contributed by atoms with Crippen LogP contribution in [-0.2, 0) is 6.54 Å². The second-order valence-electron chi connectivity index (χ2n) is 3.81. The lowest BCUT2D eigenvalue weighted by molar-refractivity contribution is 0.112. The molecule has 1 aromatic carbocycles. The SMILES string of the molecule is CN(Cc1ccsc1)c1ccc(C=O)c(Br)c1. The lowest BCUT2D eigenvalue weighted by Gasteiger charge is -2.19. The number of nitrogens with zero attached hydrogens (tertiary/aromatic N) is 1. The Kier molecular flexibility index (Phi) is 3.97. The largest absolute Gasteiger partial charge is 0.370 e. The molecule has 1 heterocycles. The third-order valence-electron chi connectivity index (χ3n) is 2.55. The number of carbonyl (C=O) groups is 1. The van der Waals surface area contributed by atoms with E-state index in [2.05, 4.69) is 37.7 Å². The summed E-state index contributed by atoms with van der Waals surface area (Å²) in [5, 5.41) is 4.22. The Morgan fingerprint density at radius 3 is 2.82 bits per heavy atom. The van der Waals surface area contributed by atoms with E-state index in [0.29, 0.717) is 5.56 Å². The molecule has 17 heavy (non-hydrogen) atoms. The third-order valence-corrected chi connectivity index (χ3v) is 3.97. The Morgan fingerprint density at radius 1 is 1.41 bits per heavy atom. The van der Waals surface area contributed by atoms with Crippen molar-refractivity contribution in [3.05, 3.63) is 50.6 Å². The summed E-state index contributed by atoms with van der Waals surface area (Å²) in [6, 6.07) is 7.88. The average molecular weight is 310 g/mol. The fourth-order valence-corrected chi connectivity index (χ4v) is 2.72. The van der Waals surface area contributed by atoms with Crippen molar-refractivity contribution in [2.75, 3.05) is 11.9 Å². The van der Waals surface area contributed by atoms with Crippen LogP contribution in [0.15, 0.2) is 39.5 Å². The highest BCUT2D eigenvalue weighted by Crippen LogP contribution is 2.23. The first-order chi connectivity index (χ1) is 8.20. The Hall–Kier alpha value is -1.13. The van der Waals surface area contributed by atoms with Crippen LogP contribution in [0, 0.1) is 0 Å². The molecule has 88 valence electrons. The second kappa shape index (κ2) is 5.47. The summed E-state index contributed by atoms with van der Waals surface area (Å²) in [6.45, 7) is 0.871. The van der Waals surface area contributed by atoms with Gasteiger partial charge in [0.2, 0.25) is 0 Å². The summed E-state index contributed by atoms with van der Waals surface area (Å²) in [7, 11) is 2.04. The van der Waals surface area contributed by atoms with Gasteiger partial charge in [-0.2, -0.15) is 11.3 Å². The minimum Gasteiger partial charge on any atom is -0.370 e. The van der Waals surface area contributed by atoms with E-state index in [0.717, 1.165) is 23.0 Å². The fourth-order valence-electron chi connectivity index (χ4n) is 1.60. The molecule has 0 unspecified atom stereocenters. The van der Waals surface area contributed by atoms with Gasteiger partial charge in [-0.05, 0) is 56.5 Å². The van der Waals surface area contributed by atoms with Gasteiger partial charge in [0.15, 0.2) is 6.29 Å². The molecule has 0 atom stereocenters. The van der Waals surface area contributed by atoms with E-state index < -0.39 is 0 Å². The number of carbonyl (C=O) groups excluding carboxylic acids is 1. The maximum absolute atomic E-state index is 10.7. The second-order valence-corrected chi connectivity index (χ2v) is 5.45. The van der Waals surface area contributed by atoms with Gasteiger partial charge in [0, 0.05) is 29.3 Å². The van der Waals surface area contributed by atoms with E-state index in [1.807, 2.05) is 25.2 Å². The first-order valence-electron chi connectivity index (χ1n) is 5.17. The number of thiophene rings is 1. The van der Waals surface area contributed by atoms with Crippen LogP contribution in [0.3, 0.4) is 0 Å². The Morgan fingerprint density at radius 2 is 2.24 bits per heavy atom. The maximum atomic E-state index is 10.7. The molecule has 4 heteroatoms. The quantitative estimate of drug-likeness (QED) is 0.797. The maximum Gasteiger partial charge on any atom is 0.151 e. The molecule has 0 spiro atoms. The lowest BCUT2D eigenvalue weighted by atomic mass is 10.2. The van der Waals surface area contributed by atoms with E-state index in [9.17, 15) is 4.79 Å². The number of anilines is 1. The van der Waals surface area contributed by atoms with E-state index in [1.165, 1.54) is 5.56 Å². The average Bonchev–Trinajstić information content (AvgIpc) is 2.81. The van der Waals surface area contributed by atoms with Gasteiger partial charge in [-0.3, -0.25) is 4.79 Å². The Labute approximate surface area is 113 Å². The summed E-state index contributed by atoms with van der Waals surface area (Å²) < 4.78 is 0.835. The van der Waals surface area contributed by atoms with E-state index >= 15 is 0 Å². The molecular formula is C13H12BrNOS. The molecule has 0 radical (unpaired) electrons. The van der Waals surface area contributed by atoms with Crippen molar-refractivity contribution >= 4 is 39.2 Å². The fraction of sp³-hybridized carbons (Fsp3) is 0.154. The summed E-state index contributed by atoms with van der Waals surface area (Å²) >= 11 is 5.10. The van der Waals surface area contributed by atoms with Gasteiger partial charge in [0.05, 0.1) is 0 Å². The minimum atomic E-state index is 0.678. The highest BCUT2D eigenvalue weighted by molar-refractivity contribution is 9.10. The monoisotopic (exact) mass is 309 g/mol. The van der Waals surface area contributed by atoms with Crippen molar-refractivity contribution in [2.24, 2.45) is 0 Å². The number of hydrogen-bond acceptors (Lipinski definition) is 3. The van der Waals surface area contributed by atoms with Crippen LogP contribution < -0.4 is 4.90 Å². The van der Waals surface area contributed by atoms with Crippen molar-refractivity contribution in [3.63, 3.8) is 0 Å². The number of benzene rings is 1. The summed E-state index contributed by atoms with van der Waals surface area (Å²) in [5.74, 6) is 0. The number of aldehydes is 1. The van der Waals surface area contributed by atoms with Crippen LogP contribution >= 0.6 is 27.3 Å². The minimum absolute atomic E-state index is 0.678. The zero-order chi connectivity index (χ0) is 12.3. The van der Waals surface area contributed by atoms with Crippen molar-refractivity contribution in [2.45, 2.75) is 6.54 Å². The molecule has 0 N–H and O–H groups in total. The van der Waals surface area contributed by atoms with Crippen LogP contribution in [0.4, 0.5) is 5.69 Å². The van der Waals surface area contributed by atoms with Crippen LogP contribution in [0.25, 0.3) is 0 Å². The lowest BCUT2D eigenvalue weighted by Crippen LogP contribution is -2.15. The summed E-state index contributed by atoms with van der Waals surface area (Å²) in [4.78, 5) is 12.9. The smallest absolute Gasteiger partial charge is 0.151 e. The van der Waals surface area contributed by atoms with Gasteiger partial charge in [-0.1, -0.05) is 0 Å². The third kappa shape index (κ3) is 2.96. The van der Waals surface area contributed by atoms with Crippen LogP contribution in [-0.4, -0.2) is 13.3 Å². The molecule has 1 aromatic heterocycles. The highest BCUT2D eigenvalue weighted by atomic mass is 79.9. The molecule has 0 amide bonds. The molecule has 2 aromatic rings. The predicted molar refractivity (Wildman–Crippen MR) is 76.0 cm³/mol. The van der Waals surface area contributed by atoms with Gasteiger partial charge in [0.1, 0.15) is 0 Å². The molecule has 2 rings (SSSR count). The molecule has 0 saturated carbocycles. The number of rotatable bonds is 4. The zero-order valence-electron chi connectivity index (χ0n) is 9.39. The van der Waals surface area contributed by atoms with Crippen molar-refractivity contribution in [1.82, 2.24) is 0 Å². The summed E-state index contributed by atoms with van der Waals surface area (Å²) in [6.07, 6.45) is 0.854. The summed E-state index contributed by atoms with van der Waals surface area (Å²) in [5.41, 5.74) is 3.07. The van der Waals surface area contributed by atoms with Crippen LogP contribution in [0.2, 0.25) is 0 Å². The van der Waals surface area contributed by atoms with Gasteiger partial charge in [-0.15, -0.1) is 0 Å². The Balaban J connectivity index is 2.16. The predicted octanol–water partition coefficient (Wildman–Crippen LogP) is 3.96. The van der Waals surface area contributed by atoms with Crippen molar-refractivity contribution in [3.8, 4) is 0 Å². The van der Waals surface area contributed by atoms with Gasteiger partial charge in [-0.25, -0.2) is 0 Å². The standard InChI is InChI=1S/C13H12BrNOS/c1-15(7-10-4-5-17-9-10)12-3-2-11(8-16)13(14)6-12/h2-6,8-9H,7H2,1H3. The normalized spacial score (nSPS) is 10.2. The van der Waals surface area contributed by atoms with Crippen molar-refractivity contribution in [1.29, 1.82) is 0 Å². The molecule has 0 aliphatic carbocycles. The Bertz CT molecular complexity index is 510. The van der Waals surface area contributed by atoms with E-state index in [1.54, 1.807) is 11.3 Å². The first kappa shape index (κ1) is 12.3. The molecule has 2 nitrogen and oxygen atoms in total.